The van der Waals surface area contributed by atoms with Gasteiger partial charge in [0, 0.05) is 49.0 Å². The van der Waals surface area contributed by atoms with Gasteiger partial charge in [-0.1, -0.05) is 0 Å². The van der Waals surface area contributed by atoms with E-state index >= 15 is 0 Å². The SMILES string of the molecule is Cc1nc(-c2cncnc2)sc1-c1nc(-c2ncccn2)cc2ccn(C)c12. The minimum Gasteiger partial charge on any atom is -0.349 e. The monoisotopic (exact) mass is 385 g/mol. The number of fused-ring (bicyclic) bond motifs is 1. The smallest absolute Gasteiger partial charge is 0.178 e. The van der Waals surface area contributed by atoms with Crippen LogP contribution < -0.4 is 0 Å². The molecule has 0 aliphatic heterocycles. The molecular weight excluding hydrogens is 370 g/mol. The second-order valence-corrected chi connectivity index (χ2v) is 7.35. The molecule has 0 spiro atoms. The van der Waals surface area contributed by atoms with Crippen LogP contribution in [0, 0.1) is 6.92 Å². The maximum Gasteiger partial charge on any atom is 0.178 e. The molecule has 0 atom stereocenters. The van der Waals surface area contributed by atoms with Crippen LogP contribution >= 0.6 is 11.3 Å². The van der Waals surface area contributed by atoms with Crippen LogP contribution in [0.4, 0.5) is 0 Å². The maximum atomic E-state index is 4.94. The largest absolute Gasteiger partial charge is 0.349 e. The number of hydrogen-bond donors (Lipinski definition) is 0. The Bertz CT molecular complexity index is 1280. The van der Waals surface area contributed by atoms with Crippen molar-refractivity contribution in [2.24, 2.45) is 7.05 Å². The number of pyridine rings is 1. The minimum absolute atomic E-state index is 0.605. The molecule has 0 aliphatic carbocycles. The Labute approximate surface area is 164 Å². The molecule has 0 N–H and O–H groups in total. The second-order valence-electron chi connectivity index (χ2n) is 6.35. The molecule has 0 saturated carbocycles. The molecule has 5 aromatic rings. The first kappa shape index (κ1) is 16.6. The lowest BCUT2D eigenvalue weighted by Gasteiger charge is -2.07. The van der Waals surface area contributed by atoms with Crippen LogP contribution in [0.2, 0.25) is 0 Å². The zero-order valence-electron chi connectivity index (χ0n) is 15.2. The highest BCUT2D eigenvalue weighted by Gasteiger charge is 2.19. The van der Waals surface area contributed by atoms with Crippen molar-refractivity contribution >= 4 is 22.2 Å². The molecule has 0 fully saturated rings. The third-order valence-corrected chi connectivity index (χ3v) is 5.68. The number of aromatic nitrogens is 7. The van der Waals surface area contributed by atoms with Crippen LogP contribution in [-0.2, 0) is 7.05 Å². The molecule has 136 valence electrons. The highest BCUT2D eigenvalue weighted by atomic mass is 32.1. The summed E-state index contributed by atoms with van der Waals surface area (Å²) in [6.45, 7) is 2.00. The fourth-order valence-corrected chi connectivity index (χ4v) is 4.21. The number of rotatable bonds is 3. The number of hydrogen-bond acceptors (Lipinski definition) is 7. The van der Waals surface area contributed by atoms with Gasteiger partial charge >= 0.3 is 0 Å². The van der Waals surface area contributed by atoms with E-state index in [1.165, 1.54) is 6.33 Å². The Morgan fingerprint density at radius 1 is 1.04 bits per heavy atom. The van der Waals surface area contributed by atoms with E-state index in [1.54, 1.807) is 42.2 Å². The minimum atomic E-state index is 0.605. The number of aryl methyl sites for hydroxylation is 2. The summed E-state index contributed by atoms with van der Waals surface area (Å²) < 4.78 is 2.08. The molecular formula is C20H15N7S. The van der Waals surface area contributed by atoms with Crippen molar-refractivity contribution in [3.63, 3.8) is 0 Å². The van der Waals surface area contributed by atoms with E-state index in [4.69, 9.17) is 9.97 Å². The van der Waals surface area contributed by atoms with E-state index < -0.39 is 0 Å². The summed E-state index contributed by atoms with van der Waals surface area (Å²) in [5.74, 6) is 0.605. The van der Waals surface area contributed by atoms with Gasteiger partial charge in [0.05, 0.1) is 16.1 Å². The Morgan fingerprint density at radius 2 is 1.82 bits per heavy atom. The lowest BCUT2D eigenvalue weighted by atomic mass is 10.1. The predicted octanol–water partition coefficient (Wildman–Crippen LogP) is 3.92. The first-order valence-corrected chi connectivity index (χ1v) is 9.49. The molecule has 0 aliphatic rings. The highest BCUT2D eigenvalue weighted by molar-refractivity contribution is 7.18. The normalized spacial score (nSPS) is 11.2. The molecule has 28 heavy (non-hydrogen) atoms. The molecule has 0 saturated heterocycles. The van der Waals surface area contributed by atoms with Crippen LogP contribution in [0.5, 0.6) is 0 Å². The molecule has 5 heterocycles. The summed E-state index contributed by atoms with van der Waals surface area (Å²) in [5, 5.41) is 1.96. The van der Waals surface area contributed by atoms with Crippen LogP contribution in [0.15, 0.2) is 55.5 Å². The zero-order valence-corrected chi connectivity index (χ0v) is 16.1. The lowest BCUT2D eigenvalue weighted by molar-refractivity contribution is 0.966. The Morgan fingerprint density at radius 3 is 2.61 bits per heavy atom. The summed E-state index contributed by atoms with van der Waals surface area (Å²) in [6, 6.07) is 5.90. The second kappa shape index (κ2) is 6.58. The third kappa shape index (κ3) is 2.74. The first-order valence-electron chi connectivity index (χ1n) is 8.67. The van der Waals surface area contributed by atoms with Crippen molar-refractivity contribution in [3.8, 4) is 32.7 Å². The Balaban J connectivity index is 1.75. The summed E-state index contributed by atoms with van der Waals surface area (Å²) >= 11 is 1.59. The van der Waals surface area contributed by atoms with E-state index in [1.807, 2.05) is 26.2 Å². The van der Waals surface area contributed by atoms with E-state index in [9.17, 15) is 0 Å². The summed E-state index contributed by atoms with van der Waals surface area (Å²) in [5.41, 5.74) is 4.50. The van der Waals surface area contributed by atoms with Crippen LogP contribution in [0.3, 0.4) is 0 Å². The third-order valence-electron chi connectivity index (χ3n) is 4.47. The van der Waals surface area contributed by atoms with E-state index in [-0.39, 0.29) is 0 Å². The lowest BCUT2D eigenvalue weighted by Crippen LogP contribution is -1.96. The van der Waals surface area contributed by atoms with Crippen molar-refractivity contribution in [2.75, 3.05) is 0 Å². The van der Waals surface area contributed by atoms with Gasteiger partial charge in [-0.05, 0) is 25.1 Å². The van der Waals surface area contributed by atoms with Gasteiger partial charge in [-0.3, -0.25) is 0 Å². The fraction of sp³-hybridized carbons (Fsp3) is 0.100. The molecule has 0 aromatic carbocycles. The fourth-order valence-electron chi connectivity index (χ4n) is 3.18. The maximum absolute atomic E-state index is 4.94. The number of nitrogens with zero attached hydrogens (tertiary/aromatic N) is 7. The number of thiazole rings is 1. The van der Waals surface area contributed by atoms with Gasteiger partial charge in [0.2, 0.25) is 0 Å². The van der Waals surface area contributed by atoms with Gasteiger partial charge in [-0.2, -0.15) is 0 Å². The van der Waals surface area contributed by atoms with E-state index in [0.717, 1.165) is 43.4 Å². The van der Waals surface area contributed by atoms with Gasteiger partial charge in [0.1, 0.15) is 22.7 Å². The molecule has 0 bridgehead atoms. The van der Waals surface area contributed by atoms with Crippen LogP contribution in [-0.4, -0.2) is 34.5 Å². The molecule has 0 unspecified atom stereocenters. The van der Waals surface area contributed by atoms with Crippen molar-refractivity contribution < 1.29 is 0 Å². The molecule has 0 radical (unpaired) electrons. The van der Waals surface area contributed by atoms with Gasteiger partial charge in [-0.25, -0.2) is 29.9 Å². The summed E-state index contributed by atoms with van der Waals surface area (Å²) in [7, 11) is 2.02. The van der Waals surface area contributed by atoms with Gasteiger partial charge in [0.15, 0.2) is 5.82 Å². The van der Waals surface area contributed by atoms with Gasteiger partial charge in [-0.15, -0.1) is 11.3 Å². The standard InChI is InChI=1S/C20H15N7S/c1-12-18(28-20(25-12)14-9-21-11-22-10-14)16-17-13(4-7-27(17)2)8-15(26-16)19-23-5-3-6-24-19/h3-11H,1-2H3. The quantitative estimate of drug-likeness (QED) is 0.468. The molecule has 8 heteroatoms. The molecule has 7 nitrogen and oxygen atoms in total. The van der Waals surface area contributed by atoms with Crippen molar-refractivity contribution in [1.82, 2.24) is 34.5 Å². The van der Waals surface area contributed by atoms with Crippen LogP contribution in [0.25, 0.3) is 43.6 Å². The zero-order chi connectivity index (χ0) is 19.1. The summed E-state index contributed by atoms with van der Waals surface area (Å²) in [6.07, 6.45) is 10.6. The van der Waals surface area contributed by atoms with E-state index in [2.05, 4.69) is 30.6 Å². The molecule has 5 aromatic heterocycles. The molecule has 0 amide bonds. The van der Waals surface area contributed by atoms with Gasteiger partial charge < -0.3 is 4.57 Å². The van der Waals surface area contributed by atoms with Crippen molar-refractivity contribution in [1.29, 1.82) is 0 Å². The first-order chi connectivity index (χ1) is 13.7. The van der Waals surface area contributed by atoms with Crippen LogP contribution in [0.1, 0.15) is 5.69 Å². The van der Waals surface area contributed by atoms with Gasteiger partial charge in [0.25, 0.3) is 0 Å². The predicted molar refractivity (Wildman–Crippen MR) is 109 cm³/mol. The van der Waals surface area contributed by atoms with Crippen molar-refractivity contribution in [3.05, 3.63) is 61.2 Å². The Kier molecular flexibility index (Phi) is 3.91. The molecule has 5 rings (SSSR count). The summed E-state index contributed by atoms with van der Waals surface area (Å²) in [4.78, 5) is 27.6. The van der Waals surface area contributed by atoms with Crippen molar-refractivity contribution in [2.45, 2.75) is 6.92 Å². The Hall–Kier alpha value is -3.52. The highest BCUT2D eigenvalue weighted by Crippen LogP contribution is 2.38. The van der Waals surface area contributed by atoms with E-state index in [0.29, 0.717) is 5.82 Å². The topological polar surface area (TPSA) is 82.3 Å². The average Bonchev–Trinajstić information content (AvgIpc) is 3.32. The average molecular weight is 385 g/mol.